The second-order valence-electron chi connectivity index (χ2n) is 2.52. The van der Waals surface area contributed by atoms with E-state index in [1.807, 2.05) is 6.92 Å². The van der Waals surface area contributed by atoms with Crippen LogP contribution in [0.2, 0.25) is 0 Å². The average Bonchev–Trinajstić information content (AvgIpc) is 1.85. The van der Waals surface area contributed by atoms with Gasteiger partial charge in [-0.25, -0.2) is 0 Å². The van der Waals surface area contributed by atoms with Crippen molar-refractivity contribution in [2.45, 2.75) is 24.5 Å². The summed E-state index contributed by atoms with van der Waals surface area (Å²) < 4.78 is -0.347. The number of rotatable bonds is 4. The number of hydrogen-bond donors (Lipinski definition) is 2. The summed E-state index contributed by atoms with van der Waals surface area (Å²) in [4.78, 5) is 10.1. The molecule has 0 saturated heterocycles. The Labute approximate surface area is 71.0 Å². The molecule has 0 bridgehead atoms. The molecule has 4 heteroatoms. The number of carbonyl (C=O) groups is 1. The lowest BCUT2D eigenvalue weighted by Crippen LogP contribution is -2.19. The summed E-state index contributed by atoms with van der Waals surface area (Å²) in [5, 5.41) is 8.30. The van der Waals surface area contributed by atoms with Crippen LogP contribution >= 0.6 is 24.2 Å². The van der Waals surface area contributed by atoms with E-state index < -0.39 is 5.97 Å². The van der Waals surface area contributed by atoms with Gasteiger partial charge in [0, 0.05) is 17.0 Å². The maximum Gasteiger partial charge on any atom is 0.303 e. The van der Waals surface area contributed by atoms with Gasteiger partial charge in [-0.2, -0.15) is 12.6 Å². The molecule has 0 aromatic heterocycles. The summed E-state index contributed by atoms with van der Waals surface area (Å²) in [5.41, 5.74) is 0. The zero-order valence-corrected chi connectivity index (χ0v) is 7.45. The Bertz CT molecular complexity index is 125. The number of thiol groups is 1. The molecule has 0 fully saturated rings. The fourth-order valence-electron chi connectivity index (χ4n) is 0.443. The van der Waals surface area contributed by atoms with E-state index >= 15 is 0 Å². The third kappa shape index (κ3) is 4.94. The molecule has 60 valence electrons. The molecule has 0 rings (SSSR count). The minimum absolute atomic E-state index is 0.132. The molecular formula is C6H11ClO2S. The Morgan fingerprint density at radius 1 is 1.80 bits per heavy atom. The number of carboxylic acid groups (broad SMARTS) is 1. The fourth-order valence-corrected chi connectivity index (χ4v) is 0.688. The lowest BCUT2D eigenvalue weighted by Gasteiger charge is -2.18. The maximum absolute atomic E-state index is 10.1. The first-order chi connectivity index (χ1) is 4.48. The third-order valence-corrected chi connectivity index (χ3v) is 2.32. The molecule has 0 heterocycles. The molecule has 0 spiro atoms. The van der Waals surface area contributed by atoms with Gasteiger partial charge >= 0.3 is 5.97 Å². The summed E-state index contributed by atoms with van der Waals surface area (Å²) >= 11 is 9.67. The van der Waals surface area contributed by atoms with Crippen LogP contribution in [0.5, 0.6) is 0 Å². The van der Waals surface area contributed by atoms with Crippen LogP contribution in [0.15, 0.2) is 0 Å². The smallest absolute Gasteiger partial charge is 0.303 e. The average molecular weight is 183 g/mol. The van der Waals surface area contributed by atoms with Gasteiger partial charge < -0.3 is 5.11 Å². The Morgan fingerprint density at radius 2 is 2.30 bits per heavy atom. The molecule has 1 unspecified atom stereocenters. The Kier molecular flexibility index (Phi) is 4.13. The van der Waals surface area contributed by atoms with Crippen molar-refractivity contribution < 1.29 is 9.90 Å². The third-order valence-electron chi connectivity index (χ3n) is 1.17. The molecule has 10 heavy (non-hydrogen) atoms. The molecule has 0 aromatic carbocycles. The lowest BCUT2D eigenvalue weighted by atomic mass is 10.1. The van der Waals surface area contributed by atoms with Crippen LogP contribution in [-0.4, -0.2) is 21.7 Å². The van der Waals surface area contributed by atoms with Crippen molar-refractivity contribution in [2.24, 2.45) is 0 Å². The molecule has 0 aliphatic carbocycles. The van der Waals surface area contributed by atoms with Gasteiger partial charge in [0.25, 0.3) is 0 Å². The van der Waals surface area contributed by atoms with Gasteiger partial charge in [-0.1, -0.05) is 0 Å². The zero-order valence-electron chi connectivity index (χ0n) is 5.80. The van der Waals surface area contributed by atoms with Crippen molar-refractivity contribution in [1.82, 2.24) is 0 Å². The van der Waals surface area contributed by atoms with E-state index in [0.717, 1.165) is 0 Å². The molecule has 2 nitrogen and oxygen atoms in total. The van der Waals surface area contributed by atoms with E-state index in [4.69, 9.17) is 16.7 Å². The molecule has 0 aliphatic rings. The standard InChI is InChI=1S/C6H11ClO2S/c1-6(10,4-7)3-2-5(8)9/h10H,2-4H2,1H3,(H,8,9). The summed E-state index contributed by atoms with van der Waals surface area (Å²) in [6, 6.07) is 0. The number of aliphatic carboxylic acids is 1. The van der Waals surface area contributed by atoms with Crippen LogP contribution in [0, 0.1) is 0 Å². The van der Waals surface area contributed by atoms with E-state index in [2.05, 4.69) is 12.6 Å². The second-order valence-corrected chi connectivity index (χ2v) is 3.87. The topological polar surface area (TPSA) is 37.3 Å². The largest absolute Gasteiger partial charge is 0.481 e. The molecular weight excluding hydrogens is 172 g/mol. The maximum atomic E-state index is 10.1. The lowest BCUT2D eigenvalue weighted by molar-refractivity contribution is -0.137. The number of hydrogen-bond acceptors (Lipinski definition) is 2. The minimum Gasteiger partial charge on any atom is -0.481 e. The van der Waals surface area contributed by atoms with E-state index in [9.17, 15) is 4.79 Å². The van der Waals surface area contributed by atoms with Crippen molar-refractivity contribution in [3.8, 4) is 0 Å². The van der Waals surface area contributed by atoms with Crippen molar-refractivity contribution in [2.75, 3.05) is 5.88 Å². The van der Waals surface area contributed by atoms with Crippen LogP contribution in [0.3, 0.4) is 0 Å². The van der Waals surface area contributed by atoms with Crippen LogP contribution in [0.4, 0.5) is 0 Å². The first kappa shape index (κ1) is 10.1. The highest BCUT2D eigenvalue weighted by Gasteiger charge is 2.18. The van der Waals surface area contributed by atoms with Crippen LogP contribution in [-0.2, 0) is 4.79 Å². The summed E-state index contributed by atoms with van der Waals surface area (Å²) in [6.07, 6.45) is 0.641. The molecule has 0 radical (unpaired) electrons. The molecule has 1 N–H and O–H groups in total. The number of carboxylic acids is 1. The zero-order chi connectivity index (χ0) is 8.20. The summed E-state index contributed by atoms with van der Waals surface area (Å²) in [7, 11) is 0. The first-order valence-corrected chi connectivity index (χ1v) is 3.96. The molecule has 0 saturated carbocycles. The van der Waals surface area contributed by atoms with Crippen molar-refractivity contribution >= 4 is 30.2 Å². The predicted octanol–water partition coefficient (Wildman–Crippen LogP) is 1.78. The van der Waals surface area contributed by atoms with Gasteiger partial charge in [-0.05, 0) is 13.3 Å². The SMILES string of the molecule is CC(S)(CCl)CCC(=O)O. The Balaban J connectivity index is 3.56. The van der Waals surface area contributed by atoms with Crippen LogP contribution < -0.4 is 0 Å². The fraction of sp³-hybridized carbons (Fsp3) is 0.833. The van der Waals surface area contributed by atoms with Crippen molar-refractivity contribution in [3.05, 3.63) is 0 Å². The monoisotopic (exact) mass is 182 g/mol. The van der Waals surface area contributed by atoms with Crippen molar-refractivity contribution in [1.29, 1.82) is 0 Å². The highest BCUT2D eigenvalue weighted by atomic mass is 35.5. The molecule has 1 atom stereocenters. The van der Waals surface area contributed by atoms with Crippen LogP contribution in [0.25, 0.3) is 0 Å². The van der Waals surface area contributed by atoms with Crippen LogP contribution in [0.1, 0.15) is 19.8 Å². The van der Waals surface area contributed by atoms with E-state index in [-0.39, 0.29) is 11.2 Å². The second kappa shape index (κ2) is 4.09. The van der Waals surface area contributed by atoms with Gasteiger partial charge in [0.2, 0.25) is 0 Å². The summed E-state index contributed by atoms with van der Waals surface area (Å²) in [6.45, 7) is 1.83. The minimum atomic E-state index is -0.801. The van der Waals surface area contributed by atoms with Gasteiger partial charge in [0.1, 0.15) is 0 Å². The van der Waals surface area contributed by atoms with Gasteiger partial charge in [-0.3, -0.25) is 4.79 Å². The Morgan fingerprint density at radius 3 is 2.60 bits per heavy atom. The highest BCUT2D eigenvalue weighted by Crippen LogP contribution is 2.21. The summed E-state index contributed by atoms with van der Waals surface area (Å²) in [5.74, 6) is -0.422. The Hall–Kier alpha value is 0.110. The quantitative estimate of drug-likeness (QED) is 0.514. The molecule has 0 aliphatic heterocycles. The number of halogens is 1. The molecule has 0 amide bonds. The van der Waals surface area contributed by atoms with Gasteiger partial charge in [0.05, 0.1) is 0 Å². The normalized spacial score (nSPS) is 16.3. The number of alkyl halides is 1. The van der Waals surface area contributed by atoms with E-state index in [1.165, 1.54) is 0 Å². The van der Waals surface area contributed by atoms with Gasteiger partial charge in [0.15, 0.2) is 0 Å². The first-order valence-electron chi connectivity index (χ1n) is 2.98. The predicted molar refractivity (Wildman–Crippen MR) is 45.0 cm³/mol. The highest BCUT2D eigenvalue weighted by molar-refractivity contribution is 7.81. The van der Waals surface area contributed by atoms with E-state index in [0.29, 0.717) is 12.3 Å². The van der Waals surface area contributed by atoms with Crippen molar-refractivity contribution in [3.63, 3.8) is 0 Å². The van der Waals surface area contributed by atoms with Gasteiger partial charge in [-0.15, -0.1) is 11.6 Å². The molecule has 0 aromatic rings. The van der Waals surface area contributed by atoms with E-state index in [1.54, 1.807) is 0 Å².